The van der Waals surface area contributed by atoms with Crippen LogP contribution >= 0.6 is 23.1 Å². The molecule has 4 nitrogen and oxygen atoms in total. The van der Waals surface area contributed by atoms with E-state index < -0.39 is 0 Å². The van der Waals surface area contributed by atoms with Crippen LogP contribution in [0.2, 0.25) is 0 Å². The Hall–Kier alpha value is -2.83. The summed E-state index contributed by atoms with van der Waals surface area (Å²) in [7, 11) is 0. The molecule has 0 saturated heterocycles. The summed E-state index contributed by atoms with van der Waals surface area (Å²) in [6.07, 6.45) is 2.02. The smallest absolute Gasteiger partial charge is 0.261 e. The second kappa shape index (κ2) is 7.82. The van der Waals surface area contributed by atoms with Crippen LogP contribution in [0.15, 0.2) is 77.7 Å². The van der Waals surface area contributed by atoms with Crippen molar-refractivity contribution in [1.82, 2.24) is 4.98 Å². The summed E-state index contributed by atoms with van der Waals surface area (Å²) < 4.78 is 6.93. The van der Waals surface area contributed by atoms with Crippen LogP contribution in [-0.4, -0.2) is 17.1 Å². The lowest BCUT2D eigenvalue weighted by molar-refractivity contribution is 0.102. The molecule has 1 aromatic heterocycles. The molecule has 1 N–H and O–H groups in total. The fraction of sp³-hybridized carbons (Fsp3) is 0.0476. The highest BCUT2D eigenvalue weighted by Crippen LogP contribution is 2.33. The number of carbonyl (C=O) groups excluding carboxylic acids is 1. The van der Waals surface area contributed by atoms with Gasteiger partial charge in [0.1, 0.15) is 11.5 Å². The zero-order chi connectivity index (χ0) is 18.6. The molecule has 1 amide bonds. The summed E-state index contributed by atoms with van der Waals surface area (Å²) in [4.78, 5) is 18.5. The molecule has 1 heterocycles. The number of benzene rings is 3. The first-order valence-electron chi connectivity index (χ1n) is 8.31. The average Bonchev–Trinajstić information content (AvgIpc) is 3.11. The third-order valence-corrected chi connectivity index (χ3v) is 5.63. The number of nitrogens with one attached hydrogen (secondary N) is 1. The Morgan fingerprint density at radius 1 is 1.00 bits per heavy atom. The van der Waals surface area contributed by atoms with Crippen molar-refractivity contribution < 1.29 is 9.53 Å². The third-order valence-electron chi connectivity index (χ3n) is 3.93. The molecule has 0 bridgehead atoms. The molecular weight excluding hydrogens is 376 g/mol. The lowest BCUT2D eigenvalue weighted by atomic mass is 10.2. The molecule has 0 fully saturated rings. The normalized spacial score (nSPS) is 10.7. The number of thioether (sulfide) groups is 1. The predicted octanol–water partition coefficient (Wildman–Crippen LogP) is 6.06. The first kappa shape index (κ1) is 17.6. The quantitative estimate of drug-likeness (QED) is 0.419. The largest absolute Gasteiger partial charge is 0.457 e. The van der Waals surface area contributed by atoms with E-state index in [1.807, 2.05) is 66.9 Å². The van der Waals surface area contributed by atoms with E-state index in [4.69, 9.17) is 4.74 Å². The topological polar surface area (TPSA) is 51.2 Å². The predicted molar refractivity (Wildman–Crippen MR) is 112 cm³/mol. The van der Waals surface area contributed by atoms with Gasteiger partial charge in [-0.25, -0.2) is 4.98 Å². The van der Waals surface area contributed by atoms with Gasteiger partial charge in [-0.05, 0) is 42.7 Å². The van der Waals surface area contributed by atoms with Crippen LogP contribution in [-0.2, 0) is 0 Å². The van der Waals surface area contributed by atoms with E-state index >= 15 is 0 Å². The Bertz CT molecular complexity index is 1090. The van der Waals surface area contributed by atoms with Crippen molar-refractivity contribution >= 4 is 44.4 Å². The van der Waals surface area contributed by atoms with E-state index in [-0.39, 0.29) is 5.91 Å². The molecule has 0 atom stereocenters. The highest BCUT2D eigenvalue weighted by atomic mass is 32.2. The monoisotopic (exact) mass is 392 g/mol. The summed E-state index contributed by atoms with van der Waals surface area (Å²) in [5.41, 5.74) is 1.38. The lowest BCUT2D eigenvalue weighted by Crippen LogP contribution is -2.12. The van der Waals surface area contributed by atoms with E-state index in [0.29, 0.717) is 22.2 Å². The van der Waals surface area contributed by atoms with Gasteiger partial charge in [-0.1, -0.05) is 47.7 Å². The van der Waals surface area contributed by atoms with E-state index in [0.717, 1.165) is 15.1 Å². The number of rotatable bonds is 5. The zero-order valence-corrected chi connectivity index (χ0v) is 16.1. The van der Waals surface area contributed by atoms with Gasteiger partial charge in [0.05, 0.1) is 15.8 Å². The molecule has 0 saturated carbocycles. The van der Waals surface area contributed by atoms with Crippen LogP contribution in [0.5, 0.6) is 11.5 Å². The van der Waals surface area contributed by atoms with Crippen molar-refractivity contribution in [3.63, 3.8) is 0 Å². The second-order valence-corrected chi connectivity index (χ2v) is 7.57. The van der Waals surface area contributed by atoms with Gasteiger partial charge in [-0.15, -0.1) is 11.8 Å². The zero-order valence-electron chi connectivity index (χ0n) is 14.5. The number of aromatic nitrogens is 1. The molecule has 0 spiro atoms. The molecule has 0 aliphatic rings. The Morgan fingerprint density at radius 2 is 1.78 bits per heavy atom. The average molecular weight is 393 g/mol. The molecular formula is C21H16N2O2S2. The number of carbonyl (C=O) groups is 1. The SMILES string of the molecule is CSc1cccc2sc(NC(=O)c3ccccc3Oc3ccccc3)nc12. The van der Waals surface area contributed by atoms with E-state index in [1.165, 1.54) is 11.3 Å². The van der Waals surface area contributed by atoms with E-state index in [2.05, 4.69) is 10.3 Å². The summed E-state index contributed by atoms with van der Waals surface area (Å²) >= 11 is 3.10. The summed E-state index contributed by atoms with van der Waals surface area (Å²) in [5.74, 6) is 0.945. The first-order chi connectivity index (χ1) is 13.2. The van der Waals surface area contributed by atoms with Gasteiger partial charge in [0.15, 0.2) is 5.13 Å². The fourth-order valence-electron chi connectivity index (χ4n) is 2.66. The number of thiazole rings is 1. The number of ether oxygens (including phenoxy) is 1. The Labute approximate surface area is 165 Å². The van der Waals surface area contributed by atoms with Crippen LogP contribution in [0.4, 0.5) is 5.13 Å². The molecule has 6 heteroatoms. The number of hydrogen-bond donors (Lipinski definition) is 1. The maximum absolute atomic E-state index is 12.8. The van der Waals surface area contributed by atoms with Gasteiger partial charge in [-0.2, -0.15) is 0 Å². The van der Waals surface area contributed by atoms with Crippen LogP contribution in [0.3, 0.4) is 0 Å². The van der Waals surface area contributed by atoms with Crippen LogP contribution in [0, 0.1) is 0 Å². The van der Waals surface area contributed by atoms with Crippen LogP contribution < -0.4 is 10.1 Å². The molecule has 4 rings (SSSR count). The minimum Gasteiger partial charge on any atom is -0.457 e. The number of nitrogens with zero attached hydrogens (tertiary/aromatic N) is 1. The van der Waals surface area contributed by atoms with Crippen molar-refractivity contribution in [2.45, 2.75) is 4.90 Å². The number of amides is 1. The number of hydrogen-bond acceptors (Lipinski definition) is 5. The van der Waals surface area contributed by atoms with Gasteiger partial charge in [-0.3, -0.25) is 10.1 Å². The summed E-state index contributed by atoms with van der Waals surface area (Å²) in [5, 5.41) is 3.48. The molecule has 0 unspecified atom stereocenters. The minimum absolute atomic E-state index is 0.244. The van der Waals surface area contributed by atoms with Crippen molar-refractivity contribution in [1.29, 1.82) is 0 Å². The van der Waals surface area contributed by atoms with Crippen molar-refractivity contribution in [3.8, 4) is 11.5 Å². The van der Waals surface area contributed by atoms with Crippen LogP contribution in [0.1, 0.15) is 10.4 Å². The maximum atomic E-state index is 12.8. The summed E-state index contributed by atoms with van der Waals surface area (Å²) in [6, 6.07) is 22.6. The van der Waals surface area contributed by atoms with Gasteiger partial charge in [0.2, 0.25) is 0 Å². The van der Waals surface area contributed by atoms with Crippen molar-refractivity contribution in [2.75, 3.05) is 11.6 Å². The fourth-order valence-corrected chi connectivity index (χ4v) is 4.18. The number of fused-ring (bicyclic) bond motifs is 1. The number of para-hydroxylation sites is 3. The van der Waals surface area contributed by atoms with Crippen LogP contribution in [0.25, 0.3) is 10.2 Å². The third kappa shape index (κ3) is 3.82. The second-order valence-electron chi connectivity index (χ2n) is 5.69. The molecule has 4 aromatic rings. The first-order valence-corrected chi connectivity index (χ1v) is 10.4. The molecule has 134 valence electrons. The molecule has 0 radical (unpaired) electrons. The van der Waals surface area contributed by atoms with Gasteiger partial charge >= 0.3 is 0 Å². The Morgan fingerprint density at radius 3 is 2.59 bits per heavy atom. The van der Waals surface area contributed by atoms with Crippen molar-refractivity contribution in [3.05, 3.63) is 78.4 Å². The Balaban J connectivity index is 1.60. The Kier molecular flexibility index (Phi) is 5.09. The van der Waals surface area contributed by atoms with Crippen molar-refractivity contribution in [2.24, 2.45) is 0 Å². The highest BCUT2D eigenvalue weighted by molar-refractivity contribution is 7.98. The number of anilines is 1. The maximum Gasteiger partial charge on any atom is 0.261 e. The molecule has 0 aliphatic carbocycles. The molecule has 0 aliphatic heterocycles. The van der Waals surface area contributed by atoms with E-state index in [1.54, 1.807) is 23.9 Å². The standard InChI is InChI=1S/C21H16N2O2S2/c1-26-17-12-7-13-18-19(17)22-21(27-18)23-20(24)15-10-5-6-11-16(15)25-14-8-3-2-4-9-14/h2-13H,1H3,(H,22,23,24). The summed E-state index contributed by atoms with van der Waals surface area (Å²) in [6.45, 7) is 0. The van der Waals surface area contributed by atoms with Gasteiger partial charge < -0.3 is 4.74 Å². The van der Waals surface area contributed by atoms with E-state index in [9.17, 15) is 4.79 Å². The van der Waals surface area contributed by atoms with Gasteiger partial charge in [0, 0.05) is 4.90 Å². The van der Waals surface area contributed by atoms with Gasteiger partial charge in [0.25, 0.3) is 5.91 Å². The minimum atomic E-state index is -0.244. The molecule has 27 heavy (non-hydrogen) atoms. The molecule has 3 aromatic carbocycles. The highest BCUT2D eigenvalue weighted by Gasteiger charge is 2.16. The lowest BCUT2D eigenvalue weighted by Gasteiger charge is -2.10.